The van der Waals surface area contributed by atoms with Gasteiger partial charge in [0.05, 0.1) is 7.05 Å². The van der Waals surface area contributed by atoms with Crippen LogP contribution in [0.5, 0.6) is 11.5 Å². The van der Waals surface area contributed by atoms with Crippen molar-refractivity contribution < 1.29 is 14.4 Å². The van der Waals surface area contributed by atoms with E-state index in [4.69, 9.17) is 9.47 Å². The maximum atomic E-state index is 11.1. The summed E-state index contributed by atoms with van der Waals surface area (Å²) in [4.78, 5) is 14.4. The largest absolute Gasteiger partial charge is 0.492 e. The van der Waals surface area contributed by atoms with E-state index in [1.165, 1.54) is 21.9 Å². The number of nitrogens with zero attached hydrogens (tertiary/aromatic N) is 3. The number of hydrogen-bond acceptors (Lipinski definition) is 6. The van der Waals surface area contributed by atoms with E-state index in [-0.39, 0.29) is 12.6 Å². The third-order valence-electron chi connectivity index (χ3n) is 6.29. The highest BCUT2D eigenvalue weighted by Crippen LogP contribution is 2.35. The number of imidazole rings is 1. The molecule has 0 unspecified atom stereocenters. The smallest absolute Gasteiger partial charge is 0.434 e. The molecule has 8 heteroatoms. The average Bonchev–Trinajstić information content (AvgIpc) is 3.32. The second-order valence-electron chi connectivity index (χ2n) is 8.73. The summed E-state index contributed by atoms with van der Waals surface area (Å²) in [6.07, 6.45) is 2.32. The third kappa shape index (κ3) is 6.27. The number of benzene rings is 3. The van der Waals surface area contributed by atoms with Gasteiger partial charge in [0.25, 0.3) is 0 Å². The van der Waals surface area contributed by atoms with Crippen LogP contribution >= 0.6 is 0 Å². The first-order valence-electron chi connectivity index (χ1n) is 12.6. The standard InChI is InChI=1S/C30H32N4O4/c1-4-28(22-8-6-5-7-9-22)29(23-10-14-26(15-11-23)37-19-18-31-2)24-12-16-27(17-13-24)38-21-25-20-32-30(33(25)3)34(35)36/h5-17,20,31H,4,18-19,21H2,1-3H3/b29-28+. The highest BCUT2D eigenvalue weighted by molar-refractivity contribution is 5.98. The first-order chi connectivity index (χ1) is 18.5. The van der Waals surface area contributed by atoms with Crippen molar-refractivity contribution in [1.82, 2.24) is 14.9 Å². The normalized spacial score (nSPS) is 11.7. The Morgan fingerprint density at radius 1 is 0.921 bits per heavy atom. The van der Waals surface area contributed by atoms with Crippen molar-refractivity contribution >= 4 is 17.1 Å². The van der Waals surface area contributed by atoms with Crippen LogP contribution in [-0.2, 0) is 13.7 Å². The number of nitrogens with one attached hydrogen (secondary N) is 1. The highest BCUT2D eigenvalue weighted by Gasteiger charge is 2.18. The summed E-state index contributed by atoms with van der Waals surface area (Å²) >= 11 is 0. The molecule has 0 amide bonds. The topological polar surface area (TPSA) is 91.4 Å². The van der Waals surface area contributed by atoms with E-state index < -0.39 is 4.92 Å². The molecule has 1 N–H and O–H groups in total. The Morgan fingerprint density at radius 3 is 2.05 bits per heavy atom. The Hall–Kier alpha value is -4.43. The van der Waals surface area contributed by atoms with Crippen molar-refractivity contribution in [3.05, 3.63) is 118 Å². The zero-order valence-corrected chi connectivity index (χ0v) is 21.9. The minimum atomic E-state index is -0.509. The van der Waals surface area contributed by atoms with Gasteiger partial charge < -0.3 is 24.9 Å². The number of likely N-dealkylation sites (N-methyl/N-ethyl adjacent to an activating group) is 1. The number of aromatic nitrogens is 2. The molecule has 0 fully saturated rings. The Bertz CT molecular complexity index is 1380. The van der Waals surface area contributed by atoms with E-state index >= 15 is 0 Å². The van der Waals surface area contributed by atoms with Gasteiger partial charge in [-0.15, -0.1) is 0 Å². The number of ether oxygens (including phenoxy) is 2. The maximum Gasteiger partial charge on any atom is 0.434 e. The summed E-state index contributed by atoms with van der Waals surface area (Å²) in [5, 5.41) is 14.1. The summed E-state index contributed by atoms with van der Waals surface area (Å²) in [7, 11) is 3.51. The van der Waals surface area contributed by atoms with Gasteiger partial charge in [-0.3, -0.25) is 0 Å². The van der Waals surface area contributed by atoms with Gasteiger partial charge in [0.15, 0.2) is 5.69 Å². The van der Waals surface area contributed by atoms with E-state index in [1.54, 1.807) is 7.05 Å². The highest BCUT2D eigenvalue weighted by atomic mass is 16.6. The second-order valence-corrected chi connectivity index (χ2v) is 8.73. The average molecular weight is 513 g/mol. The predicted octanol–water partition coefficient (Wildman–Crippen LogP) is 5.87. The molecular formula is C30H32N4O4. The SMILES string of the molecule is CC/C(=C(/c1ccc(OCCNC)cc1)c1ccc(OCc2cnc([N+](=O)[O-])n2C)cc1)c1ccccc1. The lowest BCUT2D eigenvalue weighted by Crippen LogP contribution is -2.15. The summed E-state index contributed by atoms with van der Waals surface area (Å²) in [6.45, 7) is 3.74. The predicted molar refractivity (Wildman–Crippen MR) is 149 cm³/mol. The van der Waals surface area contributed by atoms with Crippen LogP contribution in [0.15, 0.2) is 85.1 Å². The van der Waals surface area contributed by atoms with Gasteiger partial charge in [0, 0.05) is 6.54 Å². The van der Waals surface area contributed by atoms with Crippen LogP contribution in [0.2, 0.25) is 0 Å². The van der Waals surface area contributed by atoms with Crippen molar-refractivity contribution in [1.29, 1.82) is 0 Å². The van der Waals surface area contributed by atoms with E-state index in [0.717, 1.165) is 35.4 Å². The third-order valence-corrected chi connectivity index (χ3v) is 6.29. The molecule has 3 aromatic carbocycles. The lowest BCUT2D eigenvalue weighted by Gasteiger charge is -2.17. The van der Waals surface area contributed by atoms with Crippen LogP contribution < -0.4 is 14.8 Å². The molecule has 0 aliphatic heterocycles. The number of rotatable bonds is 12. The van der Waals surface area contributed by atoms with Crippen molar-refractivity contribution in [3.63, 3.8) is 0 Å². The molecular weight excluding hydrogens is 480 g/mol. The molecule has 0 aliphatic carbocycles. The molecule has 1 heterocycles. The number of allylic oxidation sites excluding steroid dienone is 1. The molecule has 0 bridgehead atoms. The molecule has 38 heavy (non-hydrogen) atoms. The fraction of sp³-hybridized carbons (Fsp3) is 0.233. The van der Waals surface area contributed by atoms with Gasteiger partial charge in [0.1, 0.15) is 30.9 Å². The molecule has 0 radical (unpaired) electrons. The van der Waals surface area contributed by atoms with Gasteiger partial charge in [-0.25, -0.2) is 4.57 Å². The molecule has 0 saturated heterocycles. The monoisotopic (exact) mass is 512 g/mol. The zero-order chi connectivity index (χ0) is 26.9. The fourth-order valence-corrected chi connectivity index (χ4v) is 4.28. The molecule has 1 aromatic heterocycles. The van der Waals surface area contributed by atoms with Gasteiger partial charge in [-0.05, 0) is 70.5 Å². The Labute approximate surface area is 222 Å². The maximum absolute atomic E-state index is 11.1. The lowest BCUT2D eigenvalue weighted by atomic mass is 9.88. The van der Waals surface area contributed by atoms with E-state index in [0.29, 0.717) is 18.1 Å². The van der Waals surface area contributed by atoms with Crippen molar-refractivity contribution in [2.75, 3.05) is 20.2 Å². The van der Waals surface area contributed by atoms with E-state index in [9.17, 15) is 10.1 Å². The van der Waals surface area contributed by atoms with E-state index in [2.05, 4.69) is 53.6 Å². The first-order valence-corrected chi connectivity index (χ1v) is 12.6. The Balaban J connectivity index is 1.63. The second kappa shape index (κ2) is 12.7. The van der Waals surface area contributed by atoms with Crippen LogP contribution in [0.4, 0.5) is 5.95 Å². The summed E-state index contributed by atoms with van der Waals surface area (Å²) in [6, 6.07) is 26.6. The molecule has 196 valence electrons. The Morgan fingerprint density at radius 2 is 1.53 bits per heavy atom. The minimum Gasteiger partial charge on any atom is -0.492 e. The van der Waals surface area contributed by atoms with E-state index in [1.807, 2.05) is 49.5 Å². The minimum absolute atomic E-state index is 0.179. The van der Waals surface area contributed by atoms with Crippen LogP contribution in [-0.4, -0.2) is 34.7 Å². The van der Waals surface area contributed by atoms with Crippen molar-refractivity contribution in [2.45, 2.75) is 20.0 Å². The Kier molecular flexibility index (Phi) is 8.89. The van der Waals surface area contributed by atoms with Gasteiger partial charge in [0.2, 0.25) is 0 Å². The summed E-state index contributed by atoms with van der Waals surface area (Å²) < 4.78 is 13.2. The molecule has 4 aromatic rings. The van der Waals surface area contributed by atoms with Crippen LogP contribution in [0.1, 0.15) is 35.7 Å². The van der Waals surface area contributed by atoms with Gasteiger partial charge >= 0.3 is 5.95 Å². The van der Waals surface area contributed by atoms with Crippen LogP contribution in [0.3, 0.4) is 0 Å². The molecule has 4 rings (SSSR count). The molecule has 0 aliphatic rings. The van der Waals surface area contributed by atoms with Crippen molar-refractivity contribution in [3.8, 4) is 11.5 Å². The molecule has 0 atom stereocenters. The fourth-order valence-electron chi connectivity index (χ4n) is 4.28. The molecule has 0 saturated carbocycles. The summed E-state index contributed by atoms with van der Waals surface area (Å²) in [5.74, 6) is 1.29. The van der Waals surface area contributed by atoms with Crippen molar-refractivity contribution in [2.24, 2.45) is 7.05 Å². The molecule has 8 nitrogen and oxygen atoms in total. The van der Waals surface area contributed by atoms with Gasteiger partial charge in [-0.2, -0.15) is 0 Å². The number of nitro groups is 1. The quantitative estimate of drug-likeness (QED) is 0.110. The zero-order valence-electron chi connectivity index (χ0n) is 21.9. The first kappa shape index (κ1) is 26.6. The molecule has 0 spiro atoms. The van der Waals surface area contributed by atoms with Gasteiger partial charge in [-0.1, -0.05) is 66.5 Å². The summed E-state index contributed by atoms with van der Waals surface area (Å²) in [5.41, 5.74) is 6.36. The lowest BCUT2D eigenvalue weighted by molar-refractivity contribution is -0.396. The van der Waals surface area contributed by atoms with Crippen LogP contribution in [0, 0.1) is 10.1 Å². The van der Waals surface area contributed by atoms with Crippen LogP contribution in [0.25, 0.3) is 11.1 Å². The number of hydrogen-bond donors (Lipinski definition) is 1.